The Labute approximate surface area is 71.2 Å². The third kappa shape index (κ3) is 1.92. The van der Waals surface area contributed by atoms with Crippen molar-refractivity contribution in [2.75, 3.05) is 5.32 Å². The van der Waals surface area contributed by atoms with E-state index < -0.39 is 0 Å². The molecule has 0 amide bonds. The third-order valence-corrected chi connectivity index (χ3v) is 1.27. The Morgan fingerprint density at radius 2 is 2.33 bits per heavy atom. The van der Waals surface area contributed by atoms with Gasteiger partial charge in [-0.15, -0.1) is 5.10 Å². The molecule has 4 nitrogen and oxygen atoms in total. The van der Waals surface area contributed by atoms with Crippen LogP contribution >= 0.6 is 0 Å². The predicted molar refractivity (Wildman–Crippen MR) is 45.5 cm³/mol. The fourth-order valence-electron chi connectivity index (χ4n) is 0.802. The largest absolute Gasteiger partial charge is 0.365 e. The van der Waals surface area contributed by atoms with E-state index in [4.69, 9.17) is 5.26 Å². The maximum atomic E-state index is 8.67. The number of hydrogen-bond acceptors (Lipinski definition) is 4. The first-order valence-corrected chi connectivity index (χ1v) is 3.72. The van der Waals surface area contributed by atoms with Gasteiger partial charge in [-0.3, -0.25) is 0 Å². The fraction of sp³-hybridized carbons (Fsp3) is 0.375. The molecule has 0 aliphatic heterocycles. The summed E-state index contributed by atoms with van der Waals surface area (Å²) in [5.41, 5.74) is 0.527. The van der Waals surface area contributed by atoms with E-state index in [1.165, 1.54) is 6.20 Å². The number of nitrogens with one attached hydrogen (secondary N) is 1. The van der Waals surface area contributed by atoms with Crippen molar-refractivity contribution in [1.82, 2.24) is 10.2 Å². The summed E-state index contributed by atoms with van der Waals surface area (Å²) >= 11 is 0. The Bertz CT molecular complexity index is 300. The molecule has 0 bridgehead atoms. The molecule has 0 radical (unpaired) electrons. The quantitative estimate of drug-likeness (QED) is 0.709. The molecule has 0 fully saturated rings. The van der Waals surface area contributed by atoms with Gasteiger partial charge in [0.15, 0.2) is 5.82 Å². The summed E-state index contributed by atoms with van der Waals surface area (Å²) in [6.07, 6.45) is 1.50. The molecule has 0 aromatic carbocycles. The van der Waals surface area contributed by atoms with Gasteiger partial charge in [-0.25, -0.2) is 0 Å². The molecule has 0 aliphatic rings. The molecule has 4 heteroatoms. The minimum Gasteiger partial charge on any atom is -0.365 e. The highest BCUT2D eigenvalue weighted by Crippen LogP contribution is 2.08. The summed E-state index contributed by atoms with van der Waals surface area (Å²) < 4.78 is 0. The van der Waals surface area contributed by atoms with Crippen LogP contribution < -0.4 is 5.32 Å². The Kier molecular flexibility index (Phi) is 2.59. The highest BCUT2D eigenvalue weighted by atomic mass is 15.2. The lowest BCUT2D eigenvalue weighted by Gasteiger charge is -2.08. The van der Waals surface area contributed by atoms with Crippen LogP contribution in [-0.4, -0.2) is 16.2 Å². The van der Waals surface area contributed by atoms with Crippen LogP contribution in [0, 0.1) is 11.3 Å². The maximum Gasteiger partial charge on any atom is 0.166 e. The average molecular weight is 162 g/mol. The maximum absolute atomic E-state index is 8.67. The molecule has 1 aromatic rings. The molecule has 62 valence electrons. The highest BCUT2D eigenvalue weighted by molar-refractivity contribution is 5.50. The van der Waals surface area contributed by atoms with Crippen molar-refractivity contribution in [3.63, 3.8) is 0 Å². The topological polar surface area (TPSA) is 61.6 Å². The minimum absolute atomic E-state index is 0.258. The monoisotopic (exact) mass is 162 g/mol. The number of nitrogens with zero attached hydrogens (tertiary/aromatic N) is 3. The summed E-state index contributed by atoms with van der Waals surface area (Å²) in [7, 11) is 0. The van der Waals surface area contributed by atoms with Crippen LogP contribution in [0.2, 0.25) is 0 Å². The Hall–Kier alpha value is -1.63. The van der Waals surface area contributed by atoms with E-state index in [0.717, 1.165) is 0 Å². The van der Waals surface area contributed by atoms with E-state index in [0.29, 0.717) is 11.4 Å². The molecule has 0 spiro atoms. The second-order valence-corrected chi connectivity index (χ2v) is 2.70. The Morgan fingerprint density at radius 1 is 1.58 bits per heavy atom. The smallest absolute Gasteiger partial charge is 0.166 e. The summed E-state index contributed by atoms with van der Waals surface area (Å²) in [4.78, 5) is 0. The number of hydrogen-bond donors (Lipinski definition) is 1. The molecular formula is C8H10N4. The van der Waals surface area contributed by atoms with Gasteiger partial charge in [0.05, 0.1) is 11.8 Å². The molecule has 1 rings (SSSR count). The summed E-state index contributed by atoms with van der Waals surface area (Å²) in [6.45, 7) is 3.96. The molecule has 0 atom stereocenters. The molecule has 0 aliphatic carbocycles. The van der Waals surface area contributed by atoms with Crippen molar-refractivity contribution in [2.24, 2.45) is 0 Å². The molecule has 0 unspecified atom stereocenters. The van der Waals surface area contributed by atoms with Gasteiger partial charge in [0, 0.05) is 6.04 Å². The van der Waals surface area contributed by atoms with E-state index in [2.05, 4.69) is 15.5 Å². The van der Waals surface area contributed by atoms with Crippen molar-refractivity contribution in [3.05, 3.63) is 17.8 Å². The van der Waals surface area contributed by atoms with Gasteiger partial charge in [-0.2, -0.15) is 10.4 Å². The number of nitriles is 1. The van der Waals surface area contributed by atoms with Crippen LogP contribution in [0.1, 0.15) is 19.4 Å². The van der Waals surface area contributed by atoms with Gasteiger partial charge in [-0.1, -0.05) is 0 Å². The number of anilines is 1. The Balaban J connectivity index is 2.91. The van der Waals surface area contributed by atoms with E-state index in [-0.39, 0.29) is 6.04 Å². The first-order chi connectivity index (χ1) is 5.74. The average Bonchev–Trinajstić information content (AvgIpc) is 2.04. The van der Waals surface area contributed by atoms with Gasteiger partial charge in [0.25, 0.3) is 0 Å². The third-order valence-electron chi connectivity index (χ3n) is 1.27. The van der Waals surface area contributed by atoms with E-state index >= 15 is 0 Å². The van der Waals surface area contributed by atoms with Gasteiger partial charge < -0.3 is 5.32 Å². The van der Waals surface area contributed by atoms with Gasteiger partial charge in [0.2, 0.25) is 0 Å². The fourth-order valence-corrected chi connectivity index (χ4v) is 0.802. The SMILES string of the molecule is CC(C)Nc1nnccc1C#N. The van der Waals surface area contributed by atoms with Gasteiger partial charge >= 0.3 is 0 Å². The number of aromatic nitrogens is 2. The van der Waals surface area contributed by atoms with Crippen LogP contribution in [-0.2, 0) is 0 Å². The summed E-state index contributed by atoms with van der Waals surface area (Å²) in [5, 5.41) is 19.2. The van der Waals surface area contributed by atoms with Crippen LogP contribution in [0.4, 0.5) is 5.82 Å². The lowest BCUT2D eigenvalue weighted by molar-refractivity contribution is 0.871. The normalized spacial score (nSPS) is 9.50. The first-order valence-electron chi connectivity index (χ1n) is 3.72. The Morgan fingerprint density at radius 3 is 2.92 bits per heavy atom. The van der Waals surface area contributed by atoms with Crippen LogP contribution in [0.15, 0.2) is 12.3 Å². The van der Waals surface area contributed by atoms with E-state index in [9.17, 15) is 0 Å². The zero-order chi connectivity index (χ0) is 8.97. The van der Waals surface area contributed by atoms with Crippen LogP contribution in [0.5, 0.6) is 0 Å². The molecule has 1 N–H and O–H groups in total. The molecular weight excluding hydrogens is 152 g/mol. The predicted octanol–water partition coefficient (Wildman–Crippen LogP) is 1.17. The van der Waals surface area contributed by atoms with E-state index in [1.54, 1.807) is 6.07 Å². The van der Waals surface area contributed by atoms with Crippen molar-refractivity contribution >= 4 is 5.82 Å². The van der Waals surface area contributed by atoms with Crippen LogP contribution in [0.3, 0.4) is 0 Å². The number of rotatable bonds is 2. The summed E-state index contributed by atoms with van der Waals surface area (Å²) in [5.74, 6) is 0.551. The van der Waals surface area contributed by atoms with Crippen molar-refractivity contribution in [2.45, 2.75) is 19.9 Å². The standard InChI is InChI=1S/C8H10N4/c1-6(2)11-8-7(5-9)3-4-10-12-8/h3-4,6H,1-2H3,(H,11,12). The zero-order valence-corrected chi connectivity index (χ0v) is 7.07. The molecule has 0 saturated carbocycles. The molecule has 0 saturated heterocycles. The lowest BCUT2D eigenvalue weighted by atomic mass is 10.3. The van der Waals surface area contributed by atoms with Gasteiger partial charge in [0.1, 0.15) is 6.07 Å². The molecule has 12 heavy (non-hydrogen) atoms. The molecule has 1 heterocycles. The lowest BCUT2D eigenvalue weighted by Crippen LogP contribution is -2.12. The van der Waals surface area contributed by atoms with Crippen molar-refractivity contribution in [1.29, 1.82) is 5.26 Å². The zero-order valence-electron chi connectivity index (χ0n) is 7.07. The van der Waals surface area contributed by atoms with Gasteiger partial charge in [-0.05, 0) is 19.9 Å². The molecule has 1 aromatic heterocycles. The second-order valence-electron chi connectivity index (χ2n) is 2.70. The summed E-state index contributed by atoms with van der Waals surface area (Å²) in [6, 6.07) is 3.93. The van der Waals surface area contributed by atoms with Crippen molar-refractivity contribution in [3.8, 4) is 6.07 Å². The van der Waals surface area contributed by atoms with Crippen molar-refractivity contribution < 1.29 is 0 Å². The first kappa shape index (κ1) is 8.47. The van der Waals surface area contributed by atoms with E-state index in [1.807, 2.05) is 19.9 Å². The second kappa shape index (κ2) is 3.67. The minimum atomic E-state index is 0.258. The van der Waals surface area contributed by atoms with Crippen LogP contribution in [0.25, 0.3) is 0 Å². The highest BCUT2D eigenvalue weighted by Gasteiger charge is 2.03.